The first-order valence-electron chi connectivity index (χ1n) is 8.80. The van der Waals surface area contributed by atoms with Gasteiger partial charge in [0.1, 0.15) is 11.5 Å². The molecule has 0 aliphatic carbocycles. The maximum atomic E-state index is 14.5. The SMILES string of the molecule is CC(=O)Nc1ccc(-c2cnc(N)c(-c3nnnn3-c3cccc(Cl)c3F)c2)cc1. The minimum atomic E-state index is -0.649. The molecule has 3 N–H and O–H groups in total. The molecular weight excluding hydrogens is 409 g/mol. The van der Waals surface area contributed by atoms with Crippen molar-refractivity contribution in [3.05, 3.63) is 65.6 Å². The molecule has 0 bridgehead atoms. The highest BCUT2D eigenvalue weighted by Gasteiger charge is 2.19. The number of rotatable bonds is 4. The standard InChI is InChI=1S/C20H15ClFN7O/c1-11(30)25-14-7-5-12(6-8-14)13-9-15(19(23)24-10-13)20-26-27-28-29(20)17-4-2-3-16(21)18(17)22/h2-10H,1H3,(H2,23,24)(H,25,30). The second-order valence-electron chi connectivity index (χ2n) is 6.40. The minimum Gasteiger partial charge on any atom is -0.383 e. The molecule has 0 saturated carbocycles. The van der Waals surface area contributed by atoms with Crippen molar-refractivity contribution in [1.82, 2.24) is 25.2 Å². The minimum absolute atomic E-state index is 0.0481. The zero-order chi connectivity index (χ0) is 21.3. The van der Waals surface area contributed by atoms with Crippen LogP contribution in [0.4, 0.5) is 15.9 Å². The van der Waals surface area contributed by atoms with E-state index >= 15 is 0 Å². The number of nitrogens with one attached hydrogen (secondary N) is 1. The molecule has 0 aliphatic rings. The van der Waals surface area contributed by atoms with Crippen LogP contribution >= 0.6 is 11.6 Å². The fourth-order valence-corrected chi connectivity index (χ4v) is 3.10. The number of carbonyl (C=O) groups excluding carboxylic acids is 1. The number of anilines is 2. The lowest BCUT2D eigenvalue weighted by molar-refractivity contribution is -0.114. The molecule has 0 aliphatic heterocycles. The summed E-state index contributed by atoms with van der Waals surface area (Å²) in [6, 6.07) is 13.5. The smallest absolute Gasteiger partial charge is 0.221 e. The second-order valence-corrected chi connectivity index (χ2v) is 6.81. The molecule has 0 atom stereocenters. The molecule has 8 nitrogen and oxygen atoms in total. The zero-order valence-electron chi connectivity index (χ0n) is 15.7. The number of aromatic nitrogens is 5. The quantitative estimate of drug-likeness (QED) is 0.517. The molecule has 4 rings (SSSR count). The first-order chi connectivity index (χ1) is 14.4. The number of pyridine rings is 1. The molecule has 1 amide bonds. The summed E-state index contributed by atoms with van der Waals surface area (Å²) in [7, 11) is 0. The van der Waals surface area contributed by atoms with E-state index in [4.69, 9.17) is 17.3 Å². The average molecular weight is 424 g/mol. The van der Waals surface area contributed by atoms with E-state index in [1.165, 1.54) is 23.7 Å². The number of hydrogen-bond acceptors (Lipinski definition) is 6. The summed E-state index contributed by atoms with van der Waals surface area (Å²) < 4.78 is 15.7. The molecule has 2 heterocycles. The number of carbonyl (C=O) groups is 1. The van der Waals surface area contributed by atoms with E-state index < -0.39 is 5.82 Å². The largest absolute Gasteiger partial charge is 0.383 e. The van der Waals surface area contributed by atoms with Gasteiger partial charge in [-0.15, -0.1) is 5.10 Å². The number of amides is 1. The van der Waals surface area contributed by atoms with Gasteiger partial charge in [-0.3, -0.25) is 4.79 Å². The van der Waals surface area contributed by atoms with E-state index in [1.54, 1.807) is 30.5 Å². The summed E-state index contributed by atoms with van der Waals surface area (Å²) in [6.07, 6.45) is 1.61. The van der Waals surface area contributed by atoms with E-state index in [2.05, 4.69) is 25.8 Å². The van der Waals surface area contributed by atoms with E-state index in [0.29, 0.717) is 11.3 Å². The topological polar surface area (TPSA) is 112 Å². The third-order valence-electron chi connectivity index (χ3n) is 4.33. The molecule has 4 aromatic rings. The number of hydrogen-bond donors (Lipinski definition) is 2. The van der Waals surface area contributed by atoms with Crippen molar-refractivity contribution in [3.63, 3.8) is 0 Å². The lowest BCUT2D eigenvalue weighted by Gasteiger charge is -2.10. The summed E-state index contributed by atoms with van der Waals surface area (Å²) in [5, 5.41) is 14.2. The highest BCUT2D eigenvalue weighted by molar-refractivity contribution is 6.30. The third kappa shape index (κ3) is 3.70. The number of nitrogens with zero attached hydrogens (tertiary/aromatic N) is 5. The van der Waals surface area contributed by atoms with E-state index in [9.17, 15) is 9.18 Å². The lowest BCUT2D eigenvalue weighted by Crippen LogP contribution is -2.05. The van der Waals surface area contributed by atoms with Crippen molar-refractivity contribution in [3.8, 4) is 28.2 Å². The van der Waals surface area contributed by atoms with Crippen LogP contribution in [0.5, 0.6) is 0 Å². The molecule has 0 fully saturated rings. The van der Waals surface area contributed by atoms with Crippen LogP contribution in [-0.4, -0.2) is 31.1 Å². The van der Waals surface area contributed by atoms with Crippen LogP contribution in [0.15, 0.2) is 54.7 Å². The maximum absolute atomic E-state index is 14.5. The van der Waals surface area contributed by atoms with Crippen LogP contribution in [0, 0.1) is 5.82 Å². The highest BCUT2D eigenvalue weighted by atomic mass is 35.5. The molecule has 2 aromatic carbocycles. The van der Waals surface area contributed by atoms with Crippen molar-refractivity contribution < 1.29 is 9.18 Å². The number of nitrogens with two attached hydrogens (primary N) is 1. The summed E-state index contributed by atoms with van der Waals surface area (Å²) in [6.45, 7) is 1.44. The Balaban J connectivity index is 1.76. The molecule has 30 heavy (non-hydrogen) atoms. The average Bonchev–Trinajstić information content (AvgIpc) is 3.20. The van der Waals surface area contributed by atoms with Gasteiger partial charge in [0.25, 0.3) is 0 Å². The van der Waals surface area contributed by atoms with Gasteiger partial charge in [-0.25, -0.2) is 9.37 Å². The number of benzene rings is 2. The van der Waals surface area contributed by atoms with Crippen molar-refractivity contribution >= 4 is 29.0 Å². The normalized spacial score (nSPS) is 10.8. The molecule has 0 saturated heterocycles. The molecule has 0 spiro atoms. The monoisotopic (exact) mass is 423 g/mol. The molecule has 10 heteroatoms. The van der Waals surface area contributed by atoms with E-state index in [-0.39, 0.29) is 28.3 Å². The van der Waals surface area contributed by atoms with Crippen LogP contribution < -0.4 is 11.1 Å². The predicted octanol–water partition coefficient (Wildman–Crippen LogP) is 3.72. The first kappa shape index (κ1) is 19.5. The van der Waals surface area contributed by atoms with Gasteiger partial charge in [-0.1, -0.05) is 29.8 Å². The Kier molecular flexibility index (Phi) is 5.11. The summed E-state index contributed by atoms with van der Waals surface area (Å²) >= 11 is 5.89. The fraction of sp³-hybridized carbons (Fsp3) is 0.0500. The zero-order valence-corrected chi connectivity index (χ0v) is 16.4. The van der Waals surface area contributed by atoms with Crippen LogP contribution in [0.25, 0.3) is 28.2 Å². The maximum Gasteiger partial charge on any atom is 0.221 e. The molecule has 0 unspecified atom stereocenters. The van der Waals surface area contributed by atoms with Gasteiger partial charge in [0, 0.05) is 24.4 Å². The Labute approximate surface area is 175 Å². The molecular formula is C20H15ClFN7O. The Morgan fingerprint density at radius 3 is 2.67 bits per heavy atom. The van der Waals surface area contributed by atoms with Gasteiger partial charge in [0.05, 0.1) is 10.6 Å². The fourth-order valence-electron chi connectivity index (χ4n) is 2.93. The third-order valence-corrected chi connectivity index (χ3v) is 4.62. The number of tetrazole rings is 1. The first-order valence-corrected chi connectivity index (χ1v) is 9.18. The van der Waals surface area contributed by atoms with Gasteiger partial charge in [-0.05, 0) is 46.3 Å². The lowest BCUT2D eigenvalue weighted by atomic mass is 10.0. The number of halogens is 2. The van der Waals surface area contributed by atoms with Crippen LogP contribution in [-0.2, 0) is 4.79 Å². The van der Waals surface area contributed by atoms with Gasteiger partial charge in [0.2, 0.25) is 5.91 Å². The van der Waals surface area contributed by atoms with Gasteiger partial charge in [-0.2, -0.15) is 4.68 Å². The van der Waals surface area contributed by atoms with Crippen molar-refractivity contribution in [2.75, 3.05) is 11.1 Å². The summed E-state index contributed by atoms with van der Waals surface area (Å²) in [5.74, 6) is -0.395. The molecule has 2 aromatic heterocycles. The second kappa shape index (κ2) is 7.88. The molecule has 150 valence electrons. The Morgan fingerprint density at radius 1 is 1.17 bits per heavy atom. The van der Waals surface area contributed by atoms with Crippen LogP contribution in [0.3, 0.4) is 0 Å². The van der Waals surface area contributed by atoms with Gasteiger partial charge < -0.3 is 11.1 Å². The van der Waals surface area contributed by atoms with E-state index in [1.807, 2.05) is 12.1 Å². The van der Waals surface area contributed by atoms with E-state index in [0.717, 1.165) is 11.1 Å². The summed E-state index contributed by atoms with van der Waals surface area (Å²) in [5.41, 5.74) is 8.85. The molecule has 0 radical (unpaired) electrons. The van der Waals surface area contributed by atoms with Crippen molar-refractivity contribution in [2.45, 2.75) is 6.92 Å². The Hall–Kier alpha value is -3.85. The Morgan fingerprint density at radius 2 is 1.93 bits per heavy atom. The van der Waals surface area contributed by atoms with Gasteiger partial charge >= 0.3 is 0 Å². The van der Waals surface area contributed by atoms with Crippen molar-refractivity contribution in [1.29, 1.82) is 0 Å². The highest BCUT2D eigenvalue weighted by Crippen LogP contribution is 2.31. The van der Waals surface area contributed by atoms with Crippen molar-refractivity contribution in [2.24, 2.45) is 0 Å². The summed E-state index contributed by atoms with van der Waals surface area (Å²) in [4.78, 5) is 15.4. The Bertz CT molecular complexity index is 1240. The van der Waals surface area contributed by atoms with Crippen LogP contribution in [0.1, 0.15) is 6.92 Å². The number of nitrogen functional groups attached to an aromatic ring is 1. The predicted molar refractivity (Wildman–Crippen MR) is 112 cm³/mol. The van der Waals surface area contributed by atoms with Gasteiger partial charge in [0.15, 0.2) is 11.6 Å². The van der Waals surface area contributed by atoms with Crippen LogP contribution in [0.2, 0.25) is 5.02 Å².